The number of hydrogen-bond acceptors (Lipinski definition) is 7. The van der Waals surface area contributed by atoms with Crippen LogP contribution in [0.3, 0.4) is 0 Å². The first-order valence-corrected chi connectivity index (χ1v) is 6.97. The molecular formula is C12H14N4O4S. The van der Waals surface area contributed by atoms with E-state index in [1.165, 1.54) is 13.2 Å². The molecule has 0 fully saturated rings. The first kappa shape index (κ1) is 15.0. The van der Waals surface area contributed by atoms with Crippen molar-refractivity contribution >= 4 is 28.0 Å². The maximum Gasteiger partial charge on any atom is 0.348 e. The molecule has 1 N–H and O–H groups in total. The van der Waals surface area contributed by atoms with Gasteiger partial charge in [-0.2, -0.15) is 0 Å². The van der Waals surface area contributed by atoms with Crippen molar-refractivity contribution in [3.8, 4) is 0 Å². The van der Waals surface area contributed by atoms with Crippen LogP contribution >= 0.6 is 11.3 Å². The van der Waals surface area contributed by atoms with Gasteiger partial charge < -0.3 is 14.6 Å². The molecule has 2 aromatic rings. The summed E-state index contributed by atoms with van der Waals surface area (Å²) in [5.41, 5.74) is 1.20. The highest BCUT2D eigenvalue weighted by Crippen LogP contribution is 2.35. The summed E-state index contributed by atoms with van der Waals surface area (Å²) in [6.07, 6.45) is 3.38. The second-order valence-electron chi connectivity index (χ2n) is 4.10. The molecule has 112 valence electrons. The number of aromatic nitrogens is 2. The molecule has 0 spiro atoms. The molecule has 0 bridgehead atoms. The molecule has 0 radical (unpaired) electrons. The molecule has 2 aromatic heterocycles. The maximum atomic E-state index is 11.5. The number of carbonyl (C=O) groups excluding carboxylic acids is 1. The lowest BCUT2D eigenvalue weighted by Gasteiger charge is -2.06. The quantitative estimate of drug-likeness (QED) is 0.499. The highest BCUT2D eigenvalue weighted by molar-refractivity contribution is 7.17. The van der Waals surface area contributed by atoms with E-state index in [0.717, 1.165) is 23.6 Å². The van der Waals surface area contributed by atoms with Gasteiger partial charge in [0.2, 0.25) is 0 Å². The molecule has 0 aliphatic carbocycles. The average molecular weight is 310 g/mol. The van der Waals surface area contributed by atoms with Crippen molar-refractivity contribution in [2.75, 3.05) is 12.4 Å². The van der Waals surface area contributed by atoms with Crippen LogP contribution in [0.25, 0.3) is 0 Å². The minimum Gasteiger partial charge on any atom is -0.465 e. The molecule has 0 saturated heterocycles. The molecule has 9 heteroatoms. The Morgan fingerprint density at radius 3 is 3.00 bits per heavy atom. The number of ether oxygens (including phenoxy) is 1. The molecule has 21 heavy (non-hydrogen) atoms. The summed E-state index contributed by atoms with van der Waals surface area (Å²) in [5, 5.41) is 13.9. The average Bonchev–Trinajstić information content (AvgIpc) is 3.10. The number of nitrogens with zero attached hydrogens (tertiary/aromatic N) is 3. The van der Waals surface area contributed by atoms with Crippen molar-refractivity contribution in [2.45, 2.75) is 20.0 Å². The highest BCUT2D eigenvalue weighted by atomic mass is 32.1. The number of imidazole rings is 1. The van der Waals surface area contributed by atoms with Gasteiger partial charge in [-0.15, -0.1) is 0 Å². The lowest BCUT2D eigenvalue weighted by Crippen LogP contribution is -2.06. The maximum absolute atomic E-state index is 11.5. The number of nitrogens with one attached hydrogen (secondary N) is 1. The van der Waals surface area contributed by atoms with Crippen molar-refractivity contribution in [2.24, 2.45) is 0 Å². The summed E-state index contributed by atoms with van der Waals surface area (Å²) in [7, 11) is 1.24. The van der Waals surface area contributed by atoms with Gasteiger partial charge in [0, 0.05) is 12.7 Å². The Labute approximate surface area is 124 Å². The lowest BCUT2D eigenvalue weighted by atomic mass is 10.3. The van der Waals surface area contributed by atoms with Crippen LogP contribution in [0, 0.1) is 10.1 Å². The fourth-order valence-corrected chi connectivity index (χ4v) is 2.68. The number of methoxy groups -OCH3 is 1. The minimum atomic E-state index is -0.588. The third-order valence-electron chi connectivity index (χ3n) is 2.86. The fraction of sp³-hybridized carbons (Fsp3) is 0.333. The summed E-state index contributed by atoms with van der Waals surface area (Å²) < 4.78 is 6.50. The molecular weight excluding hydrogens is 296 g/mol. The number of carbonyl (C=O) groups is 1. The van der Waals surface area contributed by atoms with E-state index in [4.69, 9.17) is 0 Å². The SMILES string of the molecule is CCn1cncc1CNc1cc(C(=O)OC)sc1[N+](=O)[O-]. The Bertz CT molecular complexity index is 664. The van der Waals surface area contributed by atoms with Crippen molar-refractivity contribution < 1.29 is 14.5 Å². The zero-order valence-electron chi connectivity index (χ0n) is 11.5. The van der Waals surface area contributed by atoms with E-state index < -0.39 is 10.9 Å². The number of rotatable bonds is 6. The predicted octanol–water partition coefficient (Wildman–Crippen LogP) is 2.27. The summed E-state index contributed by atoms with van der Waals surface area (Å²) >= 11 is 0.789. The Morgan fingerprint density at radius 1 is 1.62 bits per heavy atom. The van der Waals surface area contributed by atoms with Crippen LogP contribution in [0.1, 0.15) is 22.3 Å². The number of aryl methyl sites for hydroxylation is 1. The van der Waals surface area contributed by atoms with Crippen LogP contribution in [0.5, 0.6) is 0 Å². The molecule has 0 aromatic carbocycles. The molecule has 0 aliphatic heterocycles. The predicted molar refractivity (Wildman–Crippen MR) is 77.5 cm³/mol. The molecule has 0 saturated carbocycles. The lowest BCUT2D eigenvalue weighted by molar-refractivity contribution is -0.379. The smallest absolute Gasteiger partial charge is 0.348 e. The molecule has 2 heterocycles. The van der Waals surface area contributed by atoms with Gasteiger partial charge in [0.25, 0.3) is 0 Å². The second-order valence-corrected chi connectivity index (χ2v) is 5.13. The van der Waals surface area contributed by atoms with Gasteiger partial charge >= 0.3 is 11.0 Å². The van der Waals surface area contributed by atoms with Gasteiger partial charge in [0.05, 0.1) is 30.6 Å². The zero-order valence-corrected chi connectivity index (χ0v) is 12.3. The number of hydrogen-bond donors (Lipinski definition) is 1. The number of nitro groups is 1. The molecule has 2 rings (SSSR count). The van der Waals surface area contributed by atoms with E-state index in [1.807, 2.05) is 11.5 Å². The molecule has 8 nitrogen and oxygen atoms in total. The van der Waals surface area contributed by atoms with Crippen molar-refractivity contribution in [3.05, 3.63) is 39.3 Å². The Morgan fingerprint density at radius 2 is 2.38 bits per heavy atom. The summed E-state index contributed by atoms with van der Waals surface area (Å²) in [6.45, 7) is 3.12. The third kappa shape index (κ3) is 3.19. The van der Waals surface area contributed by atoms with Crippen molar-refractivity contribution in [3.63, 3.8) is 0 Å². The van der Waals surface area contributed by atoms with E-state index in [-0.39, 0.29) is 9.88 Å². The van der Waals surface area contributed by atoms with E-state index >= 15 is 0 Å². The van der Waals surface area contributed by atoms with Crippen LogP contribution < -0.4 is 5.32 Å². The van der Waals surface area contributed by atoms with Gasteiger partial charge in [0.1, 0.15) is 10.6 Å². The number of thiophene rings is 1. The third-order valence-corrected chi connectivity index (χ3v) is 3.93. The van der Waals surface area contributed by atoms with Crippen LogP contribution in [-0.2, 0) is 17.8 Å². The van der Waals surface area contributed by atoms with E-state index in [2.05, 4.69) is 15.0 Å². The first-order valence-electron chi connectivity index (χ1n) is 6.16. The molecule has 0 aliphatic rings. The summed E-state index contributed by atoms with van der Waals surface area (Å²) in [6, 6.07) is 1.43. The van der Waals surface area contributed by atoms with Gasteiger partial charge in [0.15, 0.2) is 0 Å². The topological polar surface area (TPSA) is 99.3 Å². The van der Waals surface area contributed by atoms with Gasteiger partial charge in [-0.3, -0.25) is 10.1 Å². The first-order chi connectivity index (χ1) is 10.1. The van der Waals surface area contributed by atoms with Crippen LogP contribution in [0.4, 0.5) is 10.7 Å². The van der Waals surface area contributed by atoms with Crippen molar-refractivity contribution in [1.29, 1.82) is 0 Å². The van der Waals surface area contributed by atoms with Gasteiger partial charge in [-0.05, 0) is 13.0 Å². The monoisotopic (exact) mass is 310 g/mol. The second kappa shape index (κ2) is 6.35. The fourth-order valence-electron chi connectivity index (χ4n) is 1.81. The largest absolute Gasteiger partial charge is 0.465 e. The minimum absolute atomic E-state index is 0.113. The van der Waals surface area contributed by atoms with E-state index in [9.17, 15) is 14.9 Å². The molecule has 0 amide bonds. The summed E-state index contributed by atoms with van der Waals surface area (Å²) in [5.74, 6) is -0.588. The van der Waals surface area contributed by atoms with Crippen molar-refractivity contribution in [1.82, 2.24) is 9.55 Å². The van der Waals surface area contributed by atoms with Crippen LogP contribution in [-0.4, -0.2) is 27.6 Å². The molecule has 0 atom stereocenters. The zero-order chi connectivity index (χ0) is 15.4. The number of anilines is 1. The van der Waals surface area contributed by atoms with Gasteiger partial charge in [-0.1, -0.05) is 11.3 Å². The van der Waals surface area contributed by atoms with Gasteiger partial charge in [-0.25, -0.2) is 9.78 Å². The van der Waals surface area contributed by atoms with E-state index in [0.29, 0.717) is 12.2 Å². The summed E-state index contributed by atoms with van der Waals surface area (Å²) in [4.78, 5) is 26.2. The normalized spacial score (nSPS) is 10.4. The van der Waals surface area contributed by atoms with Crippen LogP contribution in [0.15, 0.2) is 18.6 Å². The standard InChI is InChI=1S/C12H14N4O4S/c1-3-15-7-13-5-8(15)6-14-9-4-10(12(17)20-2)21-11(9)16(18)19/h4-5,7,14H,3,6H2,1-2H3. The Hall–Kier alpha value is -2.42. The van der Waals surface area contributed by atoms with E-state index in [1.54, 1.807) is 12.5 Å². The Balaban J connectivity index is 2.20. The van der Waals surface area contributed by atoms with Crippen LogP contribution in [0.2, 0.25) is 0 Å². The Kier molecular flexibility index (Phi) is 4.53. The highest BCUT2D eigenvalue weighted by Gasteiger charge is 2.23. The number of esters is 1. The molecule has 0 unspecified atom stereocenters.